The summed E-state index contributed by atoms with van der Waals surface area (Å²) in [6.07, 6.45) is 0. The van der Waals surface area contributed by atoms with Crippen LogP contribution >= 0.6 is 11.6 Å². The lowest BCUT2D eigenvalue weighted by Gasteiger charge is -1.78. The van der Waals surface area contributed by atoms with E-state index in [0.29, 0.717) is 10.7 Å². The lowest BCUT2D eigenvalue weighted by atomic mass is 10.3. The molecule has 1 aromatic rings. The zero-order valence-electron chi connectivity index (χ0n) is 4.96. The molecular weight excluding hydrogens is 155 g/mol. The van der Waals surface area contributed by atoms with E-state index in [4.69, 9.17) is 17.0 Å². The summed E-state index contributed by atoms with van der Waals surface area (Å²) in [7, 11) is 0. The van der Waals surface area contributed by atoms with Crippen LogP contribution in [0.2, 0.25) is 5.02 Å². The van der Waals surface area contributed by atoms with Gasteiger partial charge < -0.3 is 4.70 Å². The molecule has 0 unspecified atom stereocenters. The zero-order valence-corrected chi connectivity index (χ0v) is 5.72. The van der Waals surface area contributed by atoms with E-state index in [1.165, 1.54) is 0 Å². The predicted molar refractivity (Wildman–Crippen MR) is 36.2 cm³/mol. The van der Waals surface area contributed by atoms with Gasteiger partial charge in [0.2, 0.25) is 5.39 Å². The summed E-state index contributed by atoms with van der Waals surface area (Å²) in [4.78, 5) is 2.94. The first-order chi connectivity index (χ1) is 4.34. The van der Waals surface area contributed by atoms with E-state index in [2.05, 4.69) is 4.98 Å². The first kappa shape index (κ1) is 8.86. The molecule has 0 aromatic heterocycles. The van der Waals surface area contributed by atoms with Gasteiger partial charge in [-0.25, -0.2) is 0 Å². The van der Waals surface area contributed by atoms with Crippen molar-refractivity contribution in [3.63, 3.8) is 0 Å². The van der Waals surface area contributed by atoms with Gasteiger partial charge in [-0.1, -0.05) is 23.7 Å². The molecule has 0 saturated heterocycles. The average molecular weight is 159 g/mol. The minimum atomic E-state index is 0. The fourth-order valence-corrected chi connectivity index (χ4v) is 0.706. The molecule has 10 heavy (non-hydrogen) atoms. The van der Waals surface area contributed by atoms with Crippen LogP contribution in [-0.2, 0) is 0 Å². The maximum atomic E-state index is 8.26. The highest BCUT2D eigenvalue weighted by molar-refractivity contribution is 6.33. The van der Waals surface area contributed by atoms with Crippen molar-refractivity contribution >= 4 is 17.3 Å². The van der Waals surface area contributed by atoms with Gasteiger partial charge >= 0.3 is 5.69 Å². The van der Waals surface area contributed by atoms with Crippen LogP contribution in [-0.4, -0.2) is 0 Å². The Labute approximate surface area is 62.4 Å². The first-order valence-electron chi connectivity index (χ1n) is 2.44. The van der Waals surface area contributed by atoms with Crippen molar-refractivity contribution in [2.45, 2.75) is 0 Å². The average Bonchev–Trinajstić information content (AvgIpc) is 1.89. The van der Waals surface area contributed by atoms with Crippen LogP contribution in [0.4, 0.5) is 5.69 Å². The molecule has 0 N–H and O–H groups in total. The largest absolute Gasteiger partial charge is 1.00 e. The van der Waals surface area contributed by atoms with E-state index in [1.54, 1.807) is 24.3 Å². The molecule has 0 aliphatic heterocycles. The van der Waals surface area contributed by atoms with Gasteiger partial charge in [0.15, 0.2) is 4.98 Å². The summed E-state index contributed by atoms with van der Waals surface area (Å²) in [5.74, 6) is 0. The normalized spacial score (nSPS) is 7.60. The van der Waals surface area contributed by atoms with E-state index < -0.39 is 0 Å². The Balaban J connectivity index is 0.000000810. The first-order valence-corrected chi connectivity index (χ1v) is 2.82. The van der Waals surface area contributed by atoms with E-state index in [-0.39, 0.29) is 4.70 Å². The summed E-state index contributed by atoms with van der Waals surface area (Å²) in [6.45, 7) is 0. The molecular formula is C6H4ClFN2. The SMILES string of the molecule is N#[N+]c1ccccc1Cl.[F-]. The standard InChI is InChI=1S/C6H4ClN2.FH/c7-5-3-1-2-4-6(5)9-8;/h1-4H;1H/q+1;/p-1. The molecule has 0 bridgehead atoms. The third-order valence-corrected chi connectivity index (χ3v) is 1.28. The topological polar surface area (TPSA) is 28.1 Å². The Morgan fingerprint density at radius 1 is 1.30 bits per heavy atom. The Morgan fingerprint density at radius 3 is 2.30 bits per heavy atom. The van der Waals surface area contributed by atoms with Gasteiger partial charge in [0, 0.05) is 6.07 Å². The third kappa shape index (κ3) is 1.67. The van der Waals surface area contributed by atoms with E-state index in [0.717, 1.165) is 0 Å². The van der Waals surface area contributed by atoms with Crippen LogP contribution in [0.1, 0.15) is 0 Å². The lowest BCUT2D eigenvalue weighted by Crippen LogP contribution is -3.00. The van der Waals surface area contributed by atoms with Crippen molar-refractivity contribution in [3.8, 4) is 0 Å². The monoisotopic (exact) mass is 158 g/mol. The quantitative estimate of drug-likeness (QED) is 0.482. The van der Waals surface area contributed by atoms with Gasteiger partial charge in [-0.3, -0.25) is 0 Å². The van der Waals surface area contributed by atoms with E-state index in [9.17, 15) is 0 Å². The van der Waals surface area contributed by atoms with Gasteiger partial charge in [0.05, 0.1) is 0 Å². The number of diazo groups is 1. The summed E-state index contributed by atoms with van der Waals surface area (Å²) in [6, 6.07) is 6.82. The highest BCUT2D eigenvalue weighted by atomic mass is 35.5. The summed E-state index contributed by atoms with van der Waals surface area (Å²) < 4.78 is 0. The van der Waals surface area contributed by atoms with Gasteiger partial charge in [-0.15, -0.1) is 0 Å². The molecule has 4 heteroatoms. The van der Waals surface area contributed by atoms with Crippen molar-refractivity contribution < 1.29 is 4.70 Å². The Kier molecular flexibility index (Phi) is 3.37. The second kappa shape index (κ2) is 3.80. The smallest absolute Gasteiger partial charge is 0.403 e. The highest BCUT2D eigenvalue weighted by Crippen LogP contribution is 2.22. The molecule has 0 fully saturated rings. The van der Waals surface area contributed by atoms with E-state index >= 15 is 0 Å². The van der Waals surface area contributed by atoms with Crippen LogP contribution < -0.4 is 4.70 Å². The minimum Gasteiger partial charge on any atom is -1.00 e. The molecule has 0 amide bonds. The molecule has 0 heterocycles. The second-order valence-electron chi connectivity index (χ2n) is 1.55. The van der Waals surface area contributed by atoms with Crippen LogP contribution in [0.5, 0.6) is 0 Å². The van der Waals surface area contributed by atoms with Gasteiger partial charge in [-0.2, -0.15) is 0 Å². The Morgan fingerprint density at radius 2 is 1.90 bits per heavy atom. The van der Waals surface area contributed by atoms with Crippen molar-refractivity contribution in [2.24, 2.45) is 0 Å². The molecule has 52 valence electrons. The fourth-order valence-electron chi connectivity index (χ4n) is 0.533. The number of hydrogen-bond acceptors (Lipinski definition) is 1. The zero-order chi connectivity index (χ0) is 6.69. The summed E-state index contributed by atoms with van der Waals surface area (Å²) >= 11 is 5.57. The van der Waals surface area contributed by atoms with Gasteiger partial charge in [-0.05, 0) is 6.07 Å². The van der Waals surface area contributed by atoms with Crippen LogP contribution in [0.3, 0.4) is 0 Å². The molecule has 0 spiro atoms. The number of nitrogens with zero attached hydrogens (tertiary/aromatic N) is 2. The van der Waals surface area contributed by atoms with Crippen molar-refractivity contribution in [3.05, 3.63) is 34.3 Å². The maximum absolute atomic E-state index is 8.26. The molecule has 1 rings (SSSR count). The van der Waals surface area contributed by atoms with Gasteiger partial charge in [0.1, 0.15) is 5.02 Å². The van der Waals surface area contributed by atoms with Crippen LogP contribution in [0, 0.1) is 5.39 Å². The number of rotatable bonds is 0. The summed E-state index contributed by atoms with van der Waals surface area (Å²) in [5.41, 5.74) is 0.402. The molecule has 0 saturated carbocycles. The highest BCUT2D eigenvalue weighted by Gasteiger charge is 2.07. The maximum Gasteiger partial charge on any atom is 0.403 e. The molecule has 0 aliphatic rings. The van der Waals surface area contributed by atoms with Crippen LogP contribution in [0.25, 0.3) is 4.98 Å². The lowest BCUT2D eigenvalue weighted by molar-refractivity contribution is -0.00000195. The van der Waals surface area contributed by atoms with Crippen molar-refractivity contribution in [2.75, 3.05) is 0 Å². The Bertz CT molecular complexity index is 256. The fraction of sp³-hybridized carbons (Fsp3) is 0. The number of halogens is 2. The van der Waals surface area contributed by atoms with Crippen molar-refractivity contribution in [1.29, 1.82) is 5.39 Å². The predicted octanol–water partition coefficient (Wildman–Crippen LogP) is -0.171. The summed E-state index contributed by atoms with van der Waals surface area (Å²) in [5, 5.41) is 8.72. The molecule has 2 nitrogen and oxygen atoms in total. The number of hydrogen-bond donors (Lipinski definition) is 0. The molecule has 1 aromatic carbocycles. The van der Waals surface area contributed by atoms with Crippen molar-refractivity contribution in [1.82, 2.24) is 0 Å². The van der Waals surface area contributed by atoms with Crippen LogP contribution in [0.15, 0.2) is 24.3 Å². The van der Waals surface area contributed by atoms with Gasteiger partial charge in [0.25, 0.3) is 0 Å². The number of benzene rings is 1. The molecule has 0 radical (unpaired) electrons. The second-order valence-corrected chi connectivity index (χ2v) is 1.96. The Hall–Kier alpha value is -1.14. The molecule has 0 aliphatic carbocycles. The molecule has 0 atom stereocenters. The minimum absolute atomic E-state index is 0. The third-order valence-electron chi connectivity index (χ3n) is 0.960. The van der Waals surface area contributed by atoms with E-state index in [1.807, 2.05) is 0 Å².